The number of unbranched alkanes of at least 4 members (excludes halogenated alkanes) is 1. The maximum Gasteiger partial charge on any atom is 0.131 e. The van der Waals surface area contributed by atoms with Gasteiger partial charge in [0.15, 0.2) is 0 Å². The third kappa shape index (κ3) is 2.33. The van der Waals surface area contributed by atoms with Crippen LogP contribution in [-0.2, 0) is 6.54 Å². The van der Waals surface area contributed by atoms with Crippen LogP contribution in [0.1, 0.15) is 25.3 Å². The topological polar surface area (TPSA) is 43.8 Å². The number of benzene rings is 1. The molecule has 2 N–H and O–H groups in total. The molecule has 0 atom stereocenters. The van der Waals surface area contributed by atoms with Crippen molar-refractivity contribution in [2.75, 3.05) is 5.73 Å². The molecular weight excluding hydrogens is 210 g/mol. The van der Waals surface area contributed by atoms with E-state index in [1.165, 1.54) is 5.56 Å². The lowest BCUT2D eigenvalue weighted by Gasteiger charge is -2.06. The minimum absolute atomic E-state index is 0.771. The zero-order chi connectivity index (χ0) is 12.3. The largest absolute Gasteiger partial charge is 0.383 e. The van der Waals surface area contributed by atoms with Crippen molar-refractivity contribution in [3.63, 3.8) is 0 Å². The fourth-order valence-electron chi connectivity index (χ4n) is 1.94. The van der Waals surface area contributed by atoms with Gasteiger partial charge >= 0.3 is 0 Å². The molecule has 3 heteroatoms. The van der Waals surface area contributed by atoms with Gasteiger partial charge in [0.05, 0.1) is 6.33 Å². The monoisotopic (exact) mass is 229 g/mol. The summed E-state index contributed by atoms with van der Waals surface area (Å²) < 4.78 is 2.03. The first kappa shape index (κ1) is 11.7. The van der Waals surface area contributed by atoms with Crippen LogP contribution in [-0.4, -0.2) is 9.55 Å². The Bertz CT molecular complexity index is 500. The van der Waals surface area contributed by atoms with E-state index < -0.39 is 0 Å². The van der Waals surface area contributed by atoms with Crippen LogP contribution in [0.5, 0.6) is 0 Å². The molecule has 1 aromatic carbocycles. The second kappa shape index (κ2) is 5.04. The first-order valence-corrected chi connectivity index (χ1v) is 6.10. The summed E-state index contributed by atoms with van der Waals surface area (Å²) in [5, 5.41) is 0. The Kier molecular flexibility index (Phi) is 3.47. The Morgan fingerprint density at radius 3 is 2.76 bits per heavy atom. The van der Waals surface area contributed by atoms with Crippen molar-refractivity contribution in [2.24, 2.45) is 0 Å². The Labute approximate surface area is 102 Å². The molecule has 0 unspecified atom stereocenters. The van der Waals surface area contributed by atoms with Crippen LogP contribution in [0.15, 0.2) is 30.6 Å². The molecule has 3 nitrogen and oxygen atoms in total. The van der Waals surface area contributed by atoms with Crippen LogP contribution in [0, 0.1) is 6.92 Å². The predicted octanol–water partition coefficient (Wildman–Crippen LogP) is 3.24. The molecule has 0 amide bonds. The molecule has 0 aliphatic carbocycles. The quantitative estimate of drug-likeness (QED) is 0.874. The van der Waals surface area contributed by atoms with Gasteiger partial charge in [-0.2, -0.15) is 0 Å². The Morgan fingerprint density at radius 2 is 2.06 bits per heavy atom. The van der Waals surface area contributed by atoms with Gasteiger partial charge in [0.1, 0.15) is 11.5 Å². The van der Waals surface area contributed by atoms with Crippen molar-refractivity contribution in [1.29, 1.82) is 0 Å². The van der Waals surface area contributed by atoms with E-state index in [0.717, 1.165) is 36.5 Å². The predicted molar refractivity (Wildman–Crippen MR) is 71.7 cm³/mol. The summed E-state index contributed by atoms with van der Waals surface area (Å²) in [4.78, 5) is 4.44. The van der Waals surface area contributed by atoms with Gasteiger partial charge in [-0.15, -0.1) is 0 Å². The first-order chi connectivity index (χ1) is 8.24. The maximum atomic E-state index is 6.15. The van der Waals surface area contributed by atoms with Crippen molar-refractivity contribution in [3.05, 3.63) is 36.2 Å². The molecule has 0 saturated carbocycles. The first-order valence-electron chi connectivity index (χ1n) is 6.10. The molecule has 0 aliphatic rings. The molecule has 90 valence electrons. The van der Waals surface area contributed by atoms with Crippen molar-refractivity contribution in [1.82, 2.24) is 9.55 Å². The molecule has 1 heterocycles. The number of nitrogens with two attached hydrogens (primary N) is 1. The highest BCUT2D eigenvalue weighted by molar-refractivity contribution is 5.72. The number of hydrogen-bond acceptors (Lipinski definition) is 2. The summed E-state index contributed by atoms with van der Waals surface area (Å²) in [6, 6.07) is 8.20. The second-order valence-corrected chi connectivity index (χ2v) is 4.34. The lowest BCUT2D eigenvalue weighted by atomic mass is 10.1. The fraction of sp³-hybridized carbons (Fsp3) is 0.357. The van der Waals surface area contributed by atoms with E-state index in [9.17, 15) is 0 Å². The van der Waals surface area contributed by atoms with E-state index in [4.69, 9.17) is 5.73 Å². The standard InChI is InChI=1S/C14H19N3/c1-3-4-9-17-10-16-13(14(17)15)12-8-6-5-7-11(12)2/h5-8,10H,3-4,9,15H2,1-2H3. The fourth-order valence-corrected chi connectivity index (χ4v) is 1.94. The molecule has 0 radical (unpaired) electrons. The van der Waals surface area contributed by atoms with Crippen LogP contribution < -0.4 is 5.73 Å². The number of anilines is 1. The van der Waals surface area contributed by atoms with E-state index in [0.29, 0.717) is 0 Å². The number of imidazole rings is 1. The van der Waals surface area contributed by atoms with Crippen LogP contribution in [0.2, 0.25) is 0 Å². The lowest BCUT2D eigenvalue weighted by molar-refractivity contribution is 0.637. The van der Waals surface area contributed by atoms with Crippen LogP contribution in [0.3, 0.4) is 0 Å². The smallest absolute Gasteiger partial charge is 0.131 e. The second-order valence-electron chi connectivity index (χ2n) is 4.34. The minimum atomic E-state index is 0.771. The summed E-state index contributed by atoms with van der Waals surface area (Å²) >= 11 is 0. The third-order valence-electron chi connectivity index (χ3n) is 3.03. The summed E-state index contributed by atoms with van der Waals surface area (Å²) in [5.41, 5.74) is 9.38. The van der Waals surface area contributed by atoms with E-state index in [1.807, 2.05) is 23.0 Å². The van der Waals surface area contributed by atoms with Gasteiger partial charge in [-0.25, -0.2) is 4.98 Å². The Hall–Kier alpha value is -1.77. The van der Waals surface area contributed by atoms with Gasteiger partial charge < -0.3 is 10.3 Å². The number of nitrogens with zero attached hydrogens (tertiary/aromatic N) is 2. The van der Waals surface area contributed by atoms with Crippen LogP contribution in [0.4, 0.5) is 5.82 Å². The Morgan fingerprint density at radius 1 is 1.29 bits per heavy atom. The average molecular weight is 229 g/mol. The zero-order valence-electron chi connectivity index (χ0n) is 10.5. The summed E-state index contributed by atoms with van der Waals surface area (Å²) in [6.07, 6.45) is 4.14. The van der Waals surface area contributed by atoms with Gasteiger partial charge in [0.2, 0.25) is 0 Å². The summed E-state index contributed by atoms with van der Waals surface area (Å²) in [7, 11) is 0. The summed E-state index contributed by atoms with van der Waals surface area (Å²) in [5.74, 6) is 0.771. The molecule has 17 heavy (non-hydrogen) atoms. The minimum Gasteiger partial charge on any atom is -0.383 e. The van der Waals surface area contributed by atoms with Crippen LogP contribution >= 0.6 is 0 Å². The van der Waals surface area contributed by atoms with Crippen molar-refractivity contribution < 1.29 is 0 Å². The number of aromatic nitrogens is 2. The van der Waals surface area contributed by atoms with Crippen molar-refractivity contribution >= 4 is 5.82 Å². The van der Waals surface area contributed by atoms with Gasteiger partial charge in [-0.05, 0) is 18.9 Å². The highest BCUT2D eigenvalue weighted by atomic mass is 15.1. The van der Waals surface area contributed by atoms with Gasteiger partial charge in [0.25, 0.3) is 0 Å². The summed E-state index contributed by atoms with van der Waals surface area (Å²) in [6.45, 7) is 5.20. The zero-order valence-corrected chi connectivity index (χ0v) is 10.5. The lowest BCUT2D eigenvalue weighted by Crippen LogP contribution is -2.02. The van der Waals surface area contributed by atoms with E-state index in [-0.39, 0.29) is 0 Å². The average Bonchev–Trinajstić information content (AvgIpc) is 2.69. The molecule has 0 fully saturated rings. The molecular formula is C14H19N3. The molecule has 0 bridgehead atoms. The molecule has 2 aromatic rings. The van der Waals surface area contributed by atoms with Crippen LogP contribution in [0.25, 0.3) is 11.3 Å². The third-order valence-corrected chi connectivity index (χ3v) is 3.03. The van der Waals surface area contributed by atoms with E-state index >= 15 is 0 Å². The molecule has 1 aromatic heterocycles. The van der Waals surface area contributed by atoms with Gasteiger partial charge in [-0.1, -0.05) is 37.6 Å². The van der Waals surface area contributed by atoms with Crippen molar-refractivity contribution in [2.45, 2.75) is 33.2 Å². The molecule has 0 aliphatic heterocycles. The van der Waals surface area contributed by atoms with E-state index in [2.05, 4.69) is 31.0 Å². The SMILES string of the molecule is CCCCn1cnc(-c2ccccc2C)c1N. The van der Waals surface area contributed by atoms with Gasteiger partial charge in [0, 0.05) is 12.1 Å². The van der Waals surface area contributed by atoms with Crippen molar-refractivity contribution in [3.8, 4) is 11.3 Å². The highest BCUT2D eigenvalue weighted by Crippen LogP contribution is 2.27. The molecule has 0 saturated heterocycles. The number of hydrogen-bond donors (Lipinski definition) is 1. The normalized spacial score (nSPS) is 10.7. The van der Waals surface area contributed by atoms with E-state index in [1.54, 1.807) is 0 Å². The maximum absolute atomic E-state index is 6.15. The highest BCUT2D eigenvalue weighted by Gasteiger charge is 2.10. The molecule has 2 rings (SSSR count). The number of rotatable bonds is 4. The number of nitrogen functional groups attached to an aromatic ring is 1. The number of aryl methyl sites for hydroxylation is 2. The Balaban J connectivity index is 2.34. The molecule has 0 spiro atoms. The van der Waals surface area contributed by atoms with Gasteiger partial charge in [-0.3, -0.25) is 0 Å².